The molecule has 2 aliphatic rings. The SMILES string of the molecule is CC1(C)Cc2c(sc3c2C(=O)N[C@H](c2cccnc2)N3)CO1. The van der Waals surface area contributed by atoms with E-state index < -0.39 is 0 Å². The van der Waals surface area contributed by atoms with E-state index in [2.05, 4.69) is 29.5 Å². The van der Waals surface area contributed by atoms with E-state index in [1.165, 1.54) is 0 Å². The standard InChI is InChI=1S/C16H17N3O2S/c1-16(2)6-10-11(8-21-16)22-15-12(10)14(20)18-13(19-15)9-4-3-5-17-7-9/h3-5,7,13,19H,6,8H2,1-2H3,(H,18,20)/t13-/m0/s1. The number of fused-ring (bicyclic) bond motifs is 3. The van der Waals surface area contributed by atoms with Crippen LogP contribution in [0.3, 0.4) is 0 Å². The number of anilines is 1. The van der Waals surface area contributed by atoms with Crippen LogP contribution in [0.25, 0.3) is 0 Å². The molecule has 4 heterocycles. The Balaban J connectivity index is 1.72. The topological polar surface area (TPSA) is 63.2 Å². The minimum atomic E-state index is -0.234. The second-order valence-electron chi connectivity index (χ2n) is 6.27. The highest BCUT2D eigenvalue weighted by atomic mass is 32.1. The van der Waals surface area contributed by atoms with Crippen molar-refractivity contribution in [3.8, 4) is 0 Å². The molecule has 2 aromatic heterocycles. The van der Waals surface area contributed by atoms with Crippen molar-refractivity contribution in [1.29, 1.82) is 0 Å². The van der Waals surface area contributed by atoms with E-state index in [9.17, 15) is 4.79 Å². The van der Waals surface area contributed by atoms with Crippen LogP contribution < -0.4 is 10.6 Å². The van der Waals surface area contributed by atoms with E-state index >= 15 is 0 Å². The Hall–Kier alpha value is -1.92. The number of carbonyl (C=O) groups excluding carboxylic acids is 1. The van der Waals surface area contributed by atoms with Gasteiger partial charge < -0.3 is 15.4 Å². The fraction of sp³-hybridized carbons (Fsp3) is 0.375. The number of hydrogen-bond acceptors (Lipinski definition) is 5. The molecule has 0 aliphatic carbocycles. The van der Waals surface area contributed by atoms with Gasteiger partial charge in [0.1, 0.15) is 11.2 Å². The highest BCUT2D eigenvalue weighted by Gasteiger charge is 2.36. The molecule has 2 N–H and O–H groups in total. The fourth-order valence-electron chi connectivity index (χ4n) is 2.98. The normalized spacial score (nSPS) is 22.3. The van der Waals surface area contributed by atoms with Crippen LogP contribution >= 0.6 is 11.3 Å². The van der Waals surface area contributed by atoms with Gasteiger partial charge in [0.25, 0.3) is 5.91 Å². The van der Waals surface area contributed by atoms with Crippen LogP contribution in [0.5, 0.6) is 0 Å². The monoisotopic (exact) mass is 315 g/mol. The summed E-state index contributed by atoms with van der Waals surface area (Å²) in [6.07, 6.45) is 4.02. The highest BCUT2D eigenvalue weighted by molar-refractivity contribution is 7.16. The van der Waals surface area contributed by atoms with Crippen LogP contribution in [0.1, 0.15) is 46.4 Å². The Morgan fingerprint density at radius 2 is 2.27 bits per heavy atom. The molecular formula is C16H17N3O2S. The Kier molecular flexibility index (Phi) is 2.99. The van der Waals surface area contributed by atoms with Crippen molar-refractivity contribution < 1.29 is 9.53 Å². The van der Waals surface area contributed by atoms with E-state index in [0.717, 1.165) is 33.0 Å². The summed E-state index contributed by atoms with van der Waals surface area (Å²) in [7, 11) is 0. The van der Waals surface area contributed by atoms with Gasteiger partial charge >= 0.3 is 0 Å². The van der Waals surface area contributed by atoms with Gasteiger partial charge in [-0.15, -0.1) is 11.3 Å². The number of nitrogens with zero attached hydrogens (tertiary/aromatic N) is 1. The molecule has 0 spiro atoms. The molecule has 0 saturated carbocycles. The van der Waals surface area contributed by atoms with Gasteiger partial charge in [0, 0.05) is 29.3 Å². The van der Waals surface area contributed by atoms with Crippen LogP contribution in [0.15, 0.2) is 24.5 Å². The van der Waals surface area contributed by atoms with Crippen molar-refractivity contribution >= 4 is 22.2 Å². The average molecular weight is 315 g/mol. The van der Waals surface area contributed by atoms with Gasteiger partial charge in [-0.3, -0.25) is 9.78 Å². The number of thiophene rings is 1. The van der Waals surface area contributed by atoms with Gasteiger partial charge in [-0.05, 0) is 25.5 Å². The third-order valence-corrected chi connectivity index (χ3v) is 5.22. The van der Waals surface area contributed by atoms with Gasteiger partial charge in [-0.1, -0.05) is 6.07 Å². The highest BCUT2D eigenvalue weighted by Crippen LogP contribution is 2.42. The van der Waals surface area contributed by atoms with E-state index in [1.807, 2.05) is 12.1 Å². The van der Waals surface area contributed by atoms with Gasteiger partial charge in [0.05, 0.1) is 17.8 Å². The van der Waals surface area contributed by atoms with Gasteiger partial charge in [-0.2, -0.15) is 0 Å². The lowest BCUT2D eigenvalue weighted by Gasteiger charge is -2.31. The number of rotatable bonds is 1. The number of pyridine rings is 1. The first-order valence-corrected chi connectivity index (χ1v) is 8.11. The van der Waals surface area contributed by atoms with E-state index in [4.69, 9.17) is 4.74 Å². The van der Waals surface area contributed by atoms with E-state index in [1.54, 1.807) is 23.7 Å². The summed E-state index contributed by atoms with van der Waals surface area (Å²) in [6.45, 7) is 4.70. The minimum absolute atomic E-state index is 0.0159. The molecule has 2 aliphatic heterocycles. The summed E-state index contributed by atoms with van der Waals surface area (Å²) in [5, 5.41) is 7.38. The molecule has 0 aromatic carbocycles. The number of ether oxygens (including phenoxy) is 1. The molecule has 2 aromatic rings. The molecule has 0 saturated heterocycles. The number of amides is 1. The molecule has 1 atom stereocenters. The minimum Gasteiger partial charge on any atom is -0.370 e. The first-order valence-electron chi connectivity index (χ1n) is 7.29. The summed E-state index contributed by atoms with van der Waals surface area (Å²) in [5.41, 5.74) is 2.65. The maximum atomic E-state index is 12.6. The molecular weight excluding hydrogens is 298 g/mol. The Morgan fingerprint density at radius 3 is 3.05 bits per heavy atom. The molecule has 1 amide bonds. The first-order chi connectivity index (χ1) is 10.5. The zero-order valence-corrected chi connectivity index (χ0v) is 13.3. The molecule has 0 bridgehead atoms. The Labute approximate surface area is 132 Å². The van der Waals surface area contributed by atoms with Crippen molar-refractivity contribution in [1.82, 2.24) is 10.3 Å². The summed E-state index contributed by atoms with van der Waals surface area (Å²) in [4.78, 5) is 17.9. The van der Waals surface area contributed by atoms with Gasteiger partial charge in [0.2, 0.25) is 0 Å². The van der Waals surface area contributed by atoms with Crippen molar-refractivity contribution in [2.75, 3.05) is 5.32 Å². The van der Waals surface area contributed by atoms with Crippen molar-refractivity contribution in [2.45, 2.75) is 38.6 Å². The number of carbonyl (C=O) groups is 1. The van der Waals surface area contributed by atoms with E-state index in [0.29, 0.717) is 6.61 Å². The summed E-state index contributed by atoms with van der Waals surface area (Å²) < 4.78 is 5.86. The van der Waals surface area contributed by atoms with Gasteiger partial charge in [-0.25, -0.2) is 0 Å². The fourth-order valence-corrected chi connectivity index (χ4v) is 4.14. The zero-order chi connectivity index (χ0) is 15.3. The Bertz CT molecular complexity index is 739. The largest absolute Gasteiger partial charge is 0.370 e. The predicted molar refractivity (Wildman–Crippen MR) is 85.0 cm³/mol. The predicted octanol–water partition coefficient (Wildman–Crippen LogP) is 2.85. The van der Waals surface area contributed by atoms with Crippen molar-refractivity contribution in [3.05, 3.63) is 46.1 Å². The molecule has 0 radical (unpaired) electrons. The number of hydrogen-bond donors (Lipinski definition) is 2. The maximum absolute atomic E-state index is 12.6. The van der Waals surface area contributed by atoms with Crippen LogP contribution in [0, 0.1) is 0 Å². The quantitative estimate of drug-likeness (QED) is 0.849. The van der Waals surface area contributed by atoms with E-state index in [-0.39, 0.29) is 17.7 Å². The second-order valence-corrected chi connectivity index (χ2v) is 7.38. The zero-order valence-electron chi connectivity index (χ0n) is 12.5. The molecule has 114 valence electrons. The summed E-state index contributed by atoms with van der Waals surface area (Å²) >= 11 is 1.62. The van der Waals surface area contributed by atoms with Crippen molar-refractivity contribution in [3.63, 3.8) is 0 Å². The van der Waals surface area contributed by atoms with Crippen LogP contribution in [0.2, 0.25) is 0 Å². The smallest absolute Gasteiger partial charge is 0.256 e. The lowest BCUT2D eigenvalue weighted by Crippen LogP contribution is -2.39. The van der Waals surface area contributed by atoms with Crippen molar-refractivity contribution in [2.24, 2.45) is 0 Å². The molecule has 0 unspecified atom stereocenters. The lowest BCUT2D eigenvalue weighted by atomic mass is 9.92. The lowest BCUT2D eigenvalue weighted by molar-refractivity contribution is -0.0383. The second kappa shape index (κ2) is 4.79. The third-order valence-electron chi connectivity index (χ3n) is 4.08. The third kappa shape index (κ3) is 2.19. The summed E-state index contributed by atoms with van der Waals surface area (Å²) in [5.74, 6) is -0.0159. The molecule has 5 nitrogen and oxygen atoms in total. The molecule has 6 heteroatoms. The number of aromatic nitrogens is 1. The first kappa shape index (κ1) is 13.7. The average Bonchev–Trinajstić information content (AvgIpc) is 2.85. The van der Waals surface area contributed by atoms with Crippen LogP contribution in [-0.4, -0.2) is 16.5 Å². The van der Waals surface area contributed by atoms with Crippen LogP contribution in [0.4, 0.5) is 5.00 Å². The molecule has 0 fully saturated rings. The molecule has 4 rings (SSSR count). The maximum Gasteiger partial charge on any atom is 0.256 e. The van der Waals surface area contributed by atoms with Crippen LogP contribution in [-0.2, 0) is 17.8 Å². The van der Waals surface area contributed by atoms with Gasteiger partial charge in [0.15, 0.2) is 0 Å². The Morgan fingerprint density at radius 1 is 1.41 bits per heavy atom. The summed E-state index contributed by atoms with van der Waals surface area (Å²) in [6, 6.07) is 3.82. The number of nitrogens with one attached hydrogen (secondary N) is 2. The molecule has 22 heavy (non-hydrogen) atoms.